The quantitative estimate of drug-likeness (QED) is 0.516. The lowest BCUT2D eigenvalue weighted by Gasteiger charge is -2.28. The number of ether oxygens (including phenoxy) is 2. The fourth-order valence-corrected chi connectivity index (χ4v) is 2.81. The molecule has 0 heterocycles. The van der Waals surface area contributed by atoms with Crippen LogP contribution in [0.15, 0.2) is 30.3 Å². The molecule has 0 radical (unpaired) electrons. The van der Waals surface area contributed by atoms with Crippen LogP contribution < -0.4 is 0 Å². The van der Waals surface area contributed by atoms with Gasteiger partial charge in [-0.2, -0.15) is 13.2 Å². The van der Waals surface area contributed by atoms with Crippen LogP contribution in [0.1, 0.15) is 58.9 Å². The second-order valence-electron chi connectivity index (χ2n) is 7.78. The van der Waals surface area contributed by atoms with Crippen LogP contribution in [0.5, 0.6) is 0 Å². The van der Waals surface area contributed by atoms with Gasteiger partial charge in [0.1, 0.15) is 12.2 Å². The summed E-state index contributed by atoms with van der Waals surface area (Å²) < 4.78 is 48.9. The van der Waals surface area contributed by atoms with Crippen LogP contribution in [0, 0.1) is 11.8 Å². The van der Waals surface area contributed by atoms with Gasteiger partial charge in [-0.3, -0.25) is 9.59 Å². The highest BCUT2D eigenvalue weighted by Gasteiger charge is 2.40. The van der Waals surface area contributed by atoms with Gasteiger partial charge in [0, 0.05) is 6.42 Å². The van der Waals surface area contributed by atoms with Crippen molar-refractivity contribution in [1.82, 2.24) is 0 Å². The zero-order chi connectivity index (χ0) is 21.4. The Morgan fingerprint density at radius 2 is 1.54 bits per heavy atom. The molecule has 0 unspecified atom stereocenters. The van der Waals surface area contributed by atoms with E-state index in [1.807, 2.05) is 6.07 Å². The summed E-state index contributed by atoms with van der Waals surface area (Å²) in [6.45, 7) is 6.70. The minimum Gasteiger partial charge on any atom is -0.461 e. The van der Waals surface area contributed by atoms with Crippen molar-refractivity contribution >= 4 is 11.9 Å². The van der Waals surface area contributed by atoms with Gasteiger partial charge >= 0.3 is 18.1 Å². The highest BCUT2D eigenvalue weighted by molar-refractivity contribution is 5.82. The Morgan fingerprint density at radius 3 is 2.04 bits per heavy atom. The van der Waals surface area contributed by atoms with Crippen molar-refractivity contribution in [2.45, 2.75) is 71.8 Å². The number of benzene rings is 1. The monoisotopic (exact) mass is 402 g/mol. The minimum atomic E-state index is -4.43. The molecule has 0 N–H and O–H groups in total. The van der Waals surface area contributed by atoms with Crippen molar-refractivity contribution in [3.05, 3.63) is 35.9 Å². The molecule has 0 fully saturated rings. The summed E-state index contributed by atoms with van der Waals surface area (Å²) in [5.74, 6) is -3.66. The van der Waals surface area contributed by atoms with Crippen LogP contribution in [0.4, 0.5) is 13.2 Å². The van der Waals surface area contributed by atoms with E-state index in [4.69, 9.17) is 9.47 Å². The summed E-state index contributed by atoms with van der Waals surface area (Å²) in [5, 5.41) is 0. The van der Waals surface area contributed by atoms with Gasteiger partial charge in [-0.05, 0) is 39.2 Å². The highest BCUT2D eigenvalue weighted by atomic mass is 19.4. The first-order chi connectivity index (χ1) is 12.9. The van der Waals surface area contributed by atoms with E-state index < -0.39 is 48.4 Å². The number of carbonyl (C=O) groups is 2. The zero-order valence-electron chi connectivity index (χ0n) is 16.8. The van der Waals surface area contributed by atoms with Gasteiger partial charge in [0.05, 0.1) is 11.8 Å². The molecule has 1 rings (SSSR count). The highest BCUT2D eigenvalue weighted by Crippen LogP contribution is 2.32. The zero-order valence-corrected chi connectivity index (χ0v) is 16.8. The van der Waals surface area contributed by atoms with Crippen molar-refractivity contribution in [2.75, 3.05) is 0 Å². The predicted octanol–water partition coefficient (Wildman–Crippen LogP) is 5.45. The SMILES string of the molecule is CCC[C@@H](C(=O)OCc1ccccc1)[C@H](CCC(F)(F)F)C(=O)OC(C)(C)C. The van der Waals surface area contributed by atoms with Gasteiger partial charge in [-0.1, -0.05) is 43.7 Å². The Hall–Kier alpha value is -2.05. The lowest BCUT2D eigenvalue weighted by atomic mass is 9.85. The van der Waals surface area contributed by atoms with Crippen LogP contribution >= 0.6 is 0 Å². The summed E-state index contributed by atoms with van der Waals surface area (Å²) >= 11 is 0. The number of carbonyl (C=O) groups excluding carboxylic acids is 2. The van der Waals surface area contributed by atoms with Crippen molar-refractivity contribution in [1.29, 1.82) is 0 Å². The first-order valence-corrected chi connectivity index (χ1v) is 9.43. The average molecular weight is 402 g/mol. The molecular formula is C21H29F3O4. The topological polar surface area (TPSA) is 52.6 Å². The number of alkyl halides is 3. The number of rotatable bonds is 9. The molecule has 0 aliphatic heterocycles. The van der Waals surface area contributed by atoms with Crippen LogP contribution in [0.3, 0.4) is 0 Å². The molecule has 0 spiro atoms. The van der Waals surface area contributed by atoms with Crippen molar-refractivity contribution in [3.8, 4) is 0 Å². The molecule has 0 saturated heterocycles. The van der Waals surface area contributed by atoms with Crippen LogP contribution in [0.2, 0.25) is 0 Å². The van der Waals surface area contributed by atoms with E-state index >= 15 is 0 Å². The number of hydrogen-bond acceptors (Lipinski definition) is 4. The van der Waals surface area contributed by atoms with Gasteiger partial charge in [0.15, 0.2) is 0 Å². The third-order valence-corrected chi connectivity index (χ3v) is 4.06. The molecule has 0 aromatic heterocycles. The van der Waals surface area contributed by atoms with E-state index in [0.29, 0.717) is 6.42 Å². The fourth-order valence-electron chi connectivity index (χ4n) is 2.81. The van der Waals surface area contributed by atoms with Gasteiger partial charge in [0.2, 0.25) is 0 Å². The number of halogens is 3. The number of hydrogen-bond donors (Lipinski definition) is 0. The van der Waals surface area contributed by atoms with E-state index in [-0.39, 0.29) is 13.0 Å². The van der Waals surface area contributed by atoms with E-state index in [1.54, 1.807) is 52.0 Å². The second-order valence-corrected chi connectivity index (χ2v) is 7.78. The molecule has 0 aliphatic rings. The summed E-state index contributed by atoms with van der Waals surface area (Å²) in [6.07, 6.45) is -5.33. The summed E-state index contributed by atoms with van der Waals surface area (Å²) in [4.78, 5) is 25.2. The van der Waals surface area contributed by atoms with Crippen LogP contribution in [-0.2, 0) is 25.7 Å². The molecule has 7 heteroatoms. The maximum atomic E-state index is 12.8. The lowest BCUT2D eigenvalue weighted by molar-refractivity contribution is -0.173. The maximum absolute atomic E-state index is 12.8. The minimum absolute atomic E-state index is 0.000195. The first kappa shape index (κ1) is 24.0. The Morgan fingerprint density at radius 1 is 0.964 bits per heavy atom. The van der Waals surface area contributed by atoms with Crippen molar-refractivity contribution in [2.24, 2.45) is 11.8 Å². The first-order valence-electron chi connectivity index (χ1n) is 9.43. The standard InChI is InChI=1S/C21H29F3O4/c1-5-9-16(18(25)27-14-15-10-7-6-8-11-15)17(12-13-21(22,23)24)19(26)28-20(2,3)4/h6-8,10-11,16-17H,5,9,12-14H2,1-4H3/t16-,17+/m1/s1. The molecule has 158 valence electrons. The third-order valence-electron chi connectivity index (χ3n) is 4.06. The van der Waals surface area contributed by atoms with E-state index in [0.717, 1.165) is 5.56 Å². The molecule has 0 aliphatic carbocycles. The Balaban J connectivity index is 2.96. The maximum Gasteiger partial charge on any atom is 0.389 e. The van der Waals surface area contributed by atoms with Gasteiger partial charge in [0.25, 0.3) is 0 Å². The van der Waals surface area contributed by atoms with Crippen LogP contribution in [0.25, 0.3) is 0 Å². The molecular weight excluding hydrogens is 373 g/mol. The van der Waals surface area contributed by atoms with Gasteiger partial charge < -0.3 is 9.47 Å². The summed E-state index contributed by atoms with van der Waals surface area (Å²) in [7, 11) is 0. The Kier molecular flexibility index (Phi) is 8.98. The average Bonchev–Trinajstić information content (AvgIpc) is 2.57. The van der Waals surface area contributed by atoms with Crippen LogP contribution in [-0.4, -0.2) is 23.7 Å². The van der Waals surface area contributed by atoms with E-state index in [1.165, 1.54) is 0 Å². The molecule has 0 saturated carbocycles. The predicted molar refractivity (Wildman–Crippen MR) is 99.3 cm³/mol. The molecule has 0 bridgehead atoms. The molecule has 2 atom stereocenters. The molecule has 1 aromatic carbocycles. The fraction of sp³-hybridized carbons (Fsp3) is 0.619. The smallest absolute Gasteiger partial charge is 0.389 e. The van der Waals surface area contributed by atoms with Crippen molar-refractivity contribution in [3.63, 3.8) is 0 Å². The lowest BCUT2D eigenvalue weighted by Crippen LogP contribution is -2.37. The molecule has 4 nitrogen and oxygen atoms in total. The number of esters is 2. The van der Waals surface area contributed by atoms with Crippen molar-refractivity contribution < 1.29 is 32.2 Å². The largest absolute Gasteiger partial charge is 0.461 e. The normalized spacial score (nSPS) is 14.2. The molecule has 0 amide bonds. The Bertz CT molecular complexity index is 621. The molecule has 28 heavy (non-hydrogen) atoms. The summed E-state index contributed by atoms with van der Waals surface area (Å²) in [6, 6.07) is 8.95. The third kappa shape index (κ3) is 9.24. The second kappa shape index (κ2) is 10.5. The molecule has 1 aromatic rings. The Labute approximate surface area is 164 Å². The van der Waals surface area contributed by atoms with Gasteiger partial charge in [-0.25, -0.2) is 0 Å². The summed E-state index contributed by atoms with van der Waals surface area (Å²) in [5.41, 5.74) is -0.103. The van der Waals surface area contributed by atoms with E-state index in [2.05, 4.69) is 0 Å². The van der Waals surface area contributed by atoms with Gasteiger partial charge in [-0.15, -0.1) is 0 Å². The van der Waals surface area contributed by atoms with E-state index in [9.17, 15) is 22.8 Å².